The molecule has 0 aliphatic rings. The van der Waals surface area contributed by atoms with E-state index in [1.54, 1.807) is 13.3 Å². The number of ether oxygens (including phenoxy) is 2. The van der Waals surface area contributed by atoms with Crippen molar-refractivity contribution in [3.63, 3.8) is 0 Å². The van der Waals surface area contributed by atoms with Crippen LogP contribution in [0.25, 0.3) is 0 Å². The third-order valence-corrected chi connectivity index (χ3v) is 3.39. The van der Waals surface area contributed by atoms with Gasteiger partial charge < -0.3 is 20.1 Å². The summed E-state index contributed by atoms with van der Waals surface area (Å²) in [5.74, 6) is 2.39. The first kappa shape index (κ1) is 17.7. The number of hydrogen-bond acceptors (Lipinski definition) is 4. The Morgan fingerprint density at radius 3 is 2.54 bits per heavy atom. The molecule has 0 aliphatic carbocycles. The topological polar surface area (TPSA) is 72.7 Å². The summed E-state index contributed by atoms with van der Waals surface area (Å²) in [6.07, 6.45) is 1.77. The van der Waals surface area contributed by atoms with E-state index < -0.39 is 0 Å². The highest BCUT2D eigenvalue weighted by Crippen LogP contribution is 2.16. The van der Waals surface area contributed by atoms with Gasteiger partial charge in [0, 0.05) is 19.8 Å². The summed E-state index contributed by atoms with van der Waals surface area (Å²) in [6, 6.07) is 9.49. The number of nitrogens with one attached hydrogen (secondary N) is 2. The zero-order chi connectivity index (χ0) is 17.2. The van der Waals surface area contributed by atoms with Crippen molar-refractivity contribution >= 4 is 5.96 Å². The van der Waals surface area contributed by atoms with Crippen molar-refractivity contribution in [1.29, 1.82) is 0 Å². The first-order valence-corrected chi connectivity index (χ1v) is 7.99. The lowest BCUT2D eigenvalue weighted by Crippen LogP contribution is -2.39. The van der Waals surface area contributed by atoms with Crippen LogP contribution in [0.5, 0.6) is 11.5 Å². The SMILES string of the molecule is CCNC(=NCc1ccnn1C)NCCOc1ccc(OC)cc1. The van der Waals surface area contributed by atoms with Crippen LogP contribution in [0.3, 0.4) is 0 Å². The molecular formula is C17H25N5O2. The van der Waals surface area contributed by atoms with Crippen molar-refractivity contribution < 1.29 is 9.47 Å². The molecule has 2 aromatic rings. The Morgan fingerprint density at radius 1 is 1.17 bits per heavy atom. The fourth-order valence-corrected chi connectivity index (χ4v) is 2.07. The summed E-state index contributed by atoms with van der Waals surface area (Å²) in [5.41, 5.74) is 1.06. The largest absolute Gasteiger partial charge is 0.497 e. The molecule has 7 nitrogen and oxygen atoms in total. The van der Waals surface area contributed by atoms with Gasteiger partial charge in [-0.2, -0.15) is 5.10 Å². The molecule has 0 saturated carbocycles. The molecule has 0 fully saturated rings. The van der Waals surface area contributed by atoms with Crippen molar-refractivity contribution in [3.05, 3.63) is 42.2 Å². The minimum absolute atomic E-state index is 0.544. The van der Waals surface area contributed by atoms with Crippen LogP contribution in [-0.4, -0.2) is 42.5 Å². The molecular weight excluding hydrogens is 306 g/mol. The predicted molar refractivity (Wildman–Crippen MR) is 94.5 cm³/mol. The molecule has 2 rings (SSSR count). The van der Waals surface area contributed by atoms with E-state index in [2.05, 4.69) is 20.7 Å². The highest BCUT2D eigenvalue weighted by Gasteiger charge is 2.01. The number of aromatic nitrogens is 2. The maximum absolute atomic E-state index is 5.69. The number of nitrogens with zero attached hydrogens (tertiary/aromatic N) is 3. The highest BCUT2D eigenvalue weighted by molar-refractivity contribution is 5.79. The van der Waals surface area contributed by atoms with Crippen molar-refractivity contribution in [2.45, 2.75) is 13.5 Å². The van der Waals surface area contributed by atoms with Crippen LogP contribution in [0, 0.1) is 0 Å². The molecule has 0 atom stereocenters. The fourth-order valence-electron chi connectivity index (χ4n) is 2.07. The van der Waals surface area contributed by atoms with Crippen LogP contribution < -0.4 is 20.1 Å². The van der Waals surface area contributed by atoms with Gasteiger partial charge in [-0.05, 0) is 37.3 Å². The van der Waals surface area contributed by atoms with Crippen molar-refractivity contribution in [2.24, 2.45) is 12.0 Å². The van der Waals surface area contributed by atoms with Crippen molar-refractivity contribution in [3.8, 4) is 11.5 Å². The lowest BCUT2D eigenvalue weighted by molar-refractivity contribution is 0.321. The second kappa shape index (κ2) is 9.44. The monoisotopic (exact) mass is 331 g/mol. The average molecular weight is 331 g/mol. The minimum atomic E-state index is 0.544. The van der Waals surface area contributed by atoms with Crippen LogP contribution in [-0.2, 0) is 13.6 Å². The summed E-state index contributed by atoms with van der Waals surface area (Å²) in [6.45, 7) is 4.61. The molecule has 0 amide bonds. The molecule has 0 radical (unpaired) electrons. The van der Waals surface area contributed by atoms with Gasteiger partial charge in [0.1, 0.15) is 18.1 Å². The molecule has 1 aromatic heterocycles. The Hall–Kier alpha value is -2.70. The predicted octanol–water partition coefficient (Wildman–Crippen LogP) is 1.56. The van der Waals surface area contributed by atoms with Gasteiger partial charge in [-0.25, -0.2) is 4.99 Å². The fraction of sp³-hybridized carbons (Fsp3) is 0.412. The van der Waals surface area contributed by atoms with E-state index in [4.69, 9.17) is 9.47 Å². The first-order chi connectivity index (χ1) is 11.7. The van der Waals surface area contributed by atoms with E-state index in [1.807, 2.05) is 49.0 Å². The minimum Gasteiger partial charge on any atom is -0.497 e. The standard InChI is InChI=1S/C17H25N5O2/c1-4-18-17(20-13-14-9-10-21-22(14)2)19-11-12-24-16-7-5-15(23-3)6-8-16/h5-10H,4,11-13H2,1-3H3,(H2,18,19,20). The van der Waals surface area contributed by atoms with Gasteiger partial charge in [-0.15, -0.1) is 0 Å². The van der Waals surface area contributed by atoms with Gasteiger partial charge in [0.2, 0.25) is 0 Å². The summed E-state index contributed by atoms with van der Waals surface area (Å²) >= 11 is 0. The molecule has 1 aromatic carbocycles. The molecule has 7 heteroatoms. The first-order valence-electron chi connectivity index (χ1n) is 7.99. The van der Waals surface area contributed by atoms with Crippen molar-refractivity contribution in [2.75, 3.05) is 26.8 Å². The number of aliphatic imine (C=N–C) groups is 1. The zero-order valence-electron chi connectivity index (χ0n) is 14.5. The lowest BCUT2D eigenvalue weighted by atomic mass is 10.3. The van der Waals surface area contributed by atoms with E-state index in [-0.39, 0.29) is 0 Å². The van der Waals surface area contributed by atoms with Crippen LogP contribution in [0.4, 0.5) is 0 Å². The molecule has 1 heterocycles. The van der Waals surface area contributed by atoms with E-state index in [9.17, 15) is 0 Å². The van der Waals surface area contributed by atoms with Gasteiger partial charge in [-0.1, -0.05) is 0 Å². The van der Waals surface area contributed by atoms with E-state index in [0.717, 1.165) is 29.7 Å². The van der Waals surface area contributed by atoms with E-state index >= 15 is 0 Å². The molecule has 24 heavy (non-hydrogen) atoms. The summed E-state index contributed by atoms with van der Waals surface area (Å²) in [5, 5.41) is 10.6. The summed E-state index contributed by atoms with van der Waals surface area (Å²) in [7, 11) is 3.56. The third-order valence-electron chi connectivity index (χ3n) is 3.39. The van der Waals surface area contributed by atoms with Gasteiger partial charge in [0.25, 0.3) is 0 Å². The van der Waals surface area contributed by atoms with Crippen LogP contribution >= 0.6 is 0 Å². The van der Waals surface area contributed by atoms with Crippen molar-refractivity contribution in [1.82, 2.24) is 20.4 Å². The molecule has 0 unspecified atom stereocenters. The Bertz CT molecular complexity index is 637. The molecule has 0 bridgehead atoms. The summed E-state index contributed by atoms with van der Waals surface area (Å²) in [4.78, 5) is 4.55. The molecule has 2 N–H and O–H groups in total. The zero-order valence-corrected chi connectivity index (χ0v) is 14.5. The second-order valence-electron chi connectivity index (χ2n) is 5.09. The number of benzene rings is 1. The van der Waals surface area contributed by atoms with Gasteiger partial charge in [-0.3, -0.25) is 4.68 Å². The van der Waals surface area contributed by atoms with Gasteiger partial charge in [0.15, 0.2) is 5.96 Å². The lowest BCUT2D eigenvalue weighted by Gasteiger charge is -2.12. The van der Waals surface area contributed by atoms with E-state index in [0.29, 0.717) is 19.7 Å². The van der Waals surface area contributed by atoms with Crippen LogP contribution in [0.1, 0.15) is 12.6 Å². The normalized spacial score (nSPS) is 11.2. The maximum atomic E-state index is 5.69. The van der Waals surface area contributed by atoms with Crippen LogP contribution in [0.2, 0.25) is 0 Å². The number of methoxy groups -OCH3 is 1. The number of aryl methyl sites for hydroxylation is 1. The Morgan fingerprint density at radius 2 is 1.92 bits per heavy atom. The quantitative estimate of drug-likeness (QED) is 0.436. The number of rotatable bonds is 8. The maximum Gasteiger partial charge on any atom is 0.191 e. The highest BCUT2D eigenvalue weighted by atomic mass is 16.5. The smallest absolute Gasteiger partial charge is 0.191 e. The molecule has 130 valence electrons. The average Bonchev–Trinajstić information content (AvgIpc) is 3.02. The van der Waals surface area contributed by atoms with E-state index in [1.165, 1.54) is 0 Å². The van der Waals surface area contributed by atoms with Crippen LogP contribution in [0.15, 0.2) is 41.5 Å². The van der Waals surface area contributed by atoms with Gasteiger partial charge in [0.05, 0.1) is 25.9 Å². The Kier molecular flexibility index (Phi) is 6.94. The molecule has 0 aliphatic heterocycles. The number of guanidine groups is 1. The second-order valence-corrected chi connectivity index (χ2v) is 5.09. The molecule has 0 saturated heterocycles. The Balaban J connectivity index is 1.77. The Labute approximate surface area is 142 Å². The molecule has 0 spiro atoms. The summed E-state index contributed by atoms with van der Waals surface area (Å²) < 4.78 is 12.6. The third kappa shape index (κ3) is 5.49. The van der Waals surface area contributed by atoms with Gasteiger partial charge >= 0.3 is 0 Å². The number of hydrogen-bond donors (Lipinski definition) is 2.